The summed E-state index contributed by atoms with van der Waals surface area (Å²) in [4.78, 5) is 20.6. The van der Waals surface area contributed by atoms with E-state index in [1.807, 2.05) is 0 Å². The summed E-state index contributed by atoms with van der Waals surface area (Å²) >= 11 is 0. The van der Waals surface area contributed by atoms with Crippen molar-refractivity contribution in [2.24, 2.45) is 0 Å². The Bertz CT molecular complexity index is 212. The summed E-state index contributed by atoms with van der Waals surface area (Å²) in [6.07, 6.45) is 2.61. The van der Waals surface area contributed by atoms with Gasteiger partial charge in [0, 0.05) is 6.42 Å². The molecule has 1 aliphatic carbocycles. The highest BCUT2D eigenvalue weighted by Crippen LogP contribution is 2.35. The number of aliphatic carboxylic acids is 1. The van der Waals surface area contributed by atoms with Crippen molar-refractivity contribution >= 4 is 12.4 Å². The number of carboxylic acids is 1. The molecule has 1 saturated carbocycles. The van der Waals surface area contributed by atoms with Crippen LogP contribution >= 0.6 is 0 Å². The first-order chi connectivity index (χ1) is 6.07. The van der Waals surface area contributed by atoms with Crippen LogP contribution in [0.2, 0.25) is 0 Å². The molecule has 0 radical (unpaired) electrons. The van der Waals surface area contributed by atoms with E-state index in [4.69, 9.17) is 5.11 Å². The lowest BCUT2D eigenvalue weighted by Gasteiger charge is -2.38. The highest BCUT2D eigenvalue weighted by atomic mass is 16.4. The van der Waals surface area contributed by atoms with E-state index in [0.717, 1.165) is 6.42 Å². The molecule has 1 aliphatic rings. The van der Waals surface area contributed by atoms with E-state index < -0.39 is 17.6 Å². The molecular weight excluding hydrogens is 174 g/mol. The molecule has 74 valence electrons. The summed E-state index contributed by atoms with van der Waals surface area (Å²) in [6, 6.07) is -0.970. The average molecular weight is 187 g/mol. The summed E-state index contributed by atoms with van der Waals surface area (Å²) < 4.78 is 0. The number of carbonyl (C=O) groups excluding carboxylic acids is 1. The van der Waals surface area contributed by atoms with Crippen LogP contribution in [0.3, 0.4) is 0 Å². The third-order valence-corrected chi connectivity index (χ3v) is 2.44. The van der Waals surface area contributed by atoms with Gasteiger partial charge in [0.15, 0.2) is 0 Å². The molecule has 0 aromatic carbocycles. The molecule has 1 atom stereocenters. The van der Waals surface area contributed by atoms with Crippen LogP contribution in [-0.2, 0) is 9.59 Å². The molecule has 13 heavy (non-hydrogen) atoms. The van der Waals surface area contributed by atoms with Crippen LogP contribution in [0.15, 0.2) is 0 Å². The van der Waals surface area contributed by atoms with Crippen LogP contribution in [0.25, 0.3) is 0 Å². The van der Waals surface area contributed by atoms with Crippen molar-refractivity contribution in [3.05, 3.63) is 0 Å². The van der Waals surface area contributed by atoms with Gasteiger partial charge in [-0.15, -0.1) is 0 Å². The van der Waals surface area contributed by atoms with Gasteiger partial charge in [-0.1, -0.05) is 0 Å². The van der Waals surface area contributed by atoms with Crippen LogP contribution in [0.4, 0.5) is 0 Å². The van der Waals surface area contributed by atoms with Crippen LogP contribution in [0.1, 0.15) is 25.7 Å². The zero-order chi connectivity index (χ0) is 9.90. The molecule has 0 saturated heterocycles. The monoisotopic (exact) mass is 187 g/mol. The Labute approximate surface area is 75.7 Å². The van der Waals surface area contributed by atoms with Crippen molar-refractivity contribution in [3.8, 4) is 0 Å². The predicted molar refractivity (Wildman–Crippen MR) is 44.0 cm³/mol. The molecular formula is C8H13NO4. The first-order valence-electron chi connectivity index (χ1n) is 4.22. The molecule has 0 bridgehead atoms. The smallest absolute Gasteiger partial charge is 0.326 e. The third-order valence-electron chi connectivity index (χ3n) is 2.44. The van der Waals surface area contributed by atoms with E-state index in [-0.39, 0.29) is 6.42 Å². The minimum atomic E-state index is -1.10. The molecule has 0 heterocycles. The Morgan fingerprint density at radius 3 is 2.54 bits per heavy atom. The molecule has 3 N–H and O–H groups in total. The van der Waals surface area contributed by atoms with Crippen LogP contribution in [-0.4, -0.2) is 34.2 Å². The molecule has 0 aromatic rings. The predicted octanol–water partition coefficient (Wildman–Crippen LogP) is -0.509. The molecule has 0 spiro atoms. The fourth-order valence-corrected chi connectivity index (χ4v) is 1.47. The number of rotatable bonds is 5. The topological polar surface area (TPSA) is 86.6 Å². The second-order valence-corrected chi connectivity index (χ2v) is 3.46. The first kappa shape index (κ1) is 9.98. The van der Waals surface area contributed by atoms with E-state index >= 15 is 0 Å². The van der Waals surface area contributed by atoms with Crippen molar-refractivity contribution in [3.63, 3.8) is 0 Å². The quantitative estimate of drug-likeness (QED) is 0.506. The van der Waals surface area contributed by atoms with E-state index in [1.54, 1.807) is 0 Å². The van der Waals surface area contributed by atoms with Crippen LogP contribution in [0.5, 0.6) is 0 Å². The number of nitrogens with one attached hydrogen (secondary N) is 1. The lowest BCUT2D eigenvalue weighted by atomic mass is 9.76. The number of aliphatic hydroxyl groups is 1. The molecule has 5 heteroatoms. The highest BCUT2D eigenvalue weighted by molar-refractivity contribution is 5.76. The Kier molecular flexibility index (Phi) is 2.87. The summed E-state index contributed by atoms with van der Waals surface area (Å²) in [5, 5.41) is 20.5. The summed E-state index contributed by atoms with van der Waals surface area (Å²) in [6.45, 7) is 0. The van der Waals surface area contributed by atoms with E-state index in [2.05, 4.69) is 5.32 Å². The van der Waals surface area contributed by atoms with E-state index in [1.165, 1.54) is 0 Å². The van der Waals surface area contributed by atoms with Crippen LogP contribution < -0.4 is 5.32 Å². The van der Waals surface area contributed by atoms with Crippen molar-refractivity contribution < 1.29 is 19.8 Å². The van der Waals surface area contributed by atoms with Gasteiger partial charge in [-0.3, -0.25) is 4.79 Å². The zero-order valence-corrected chi connectivity index (χ0v) is 7.19. The Hall–Kier alpha value is -1.10. The van der Waals surface area contributed by atoms with Gasteiger partial charge in [0.25, 0.3) is 0 Å². The number of hydrogen-bond donors (Lipinski definition) is 3. The number of hydrogen-bond acceptors (Lipinski definition) is 3. The van der Waals surface area contributed by atoms with Gasteiger partial charge in [-0.25, -0.2) is 4.79 Å². The van der Waals surface area contributed by atoms with Crippen molar-refractivity contribution in [2.75, 3.05) is 0 Å². The van der Waals surface area contributed by atoms with Gasteiger partial charge in [-0.2, -0.15) is 0 Å². The molecule has 0 aromatic heterocycles. The zero-order valence-electron chi connectivity index (χ0n) is 7.19. The molecule has 1 unspecified atom stereocenters. The van der Waals surface area contributed by atoms with Crippen molar-refractivity contribution in [2.45, 2.75) is 37.3 Å². The first-order valence-corrected chi connectivity index (χ1v) is 4.22. The molecule has 1 fully saturated rings. The summed E-state index contributed by atoms with van der Waals surface area (Å²) in [5.74, 6) is -1.10. The molecule has 5 nitrogen and oxygen atoms in total. The van der Waals surface area contributed by atoms with Gasteiger partial charge < -0.3 is 15.5 Å². The molecule has 0 aliphatic heterocycles. The Morgan fingerprint density at radius 1 is 1.62 bits per heavy atom. The van der Waals surface area contributed by atoms with Gasteiger partial charge in [0.1, 0.15) is 6.04 Å². The van der Waals surface area contributed by atoms with Crippen molar-refractivity contribution in [1.82, 2.24) is 5.32 Å². The minimum absolute atomic E-state index is 0.0983. The van der Waals surface area contributed by atoms with Crippen molar-refractivity contribution in [1.29, 1.82) is 0 Å². The SMILES string of the molecule is O=CNC(CC1(O)CCC1)C(=O)O. The second-order valence-electron chi connectivity index (χ2n) is 3.46. The minimum Gasteiger partial charge on any atom is -0.480 e. The molecule has 1 rings (SSSR count). The lowest BCUT2D eigenvalue weighted by Crippen LogP contribution is -2.47. The maximum absolute atomic E-state index is 10.6. The standard InChI is InChI=1S/C8H13NO4/c10-5-9-6(7(11)12)4-8(13)2-1-3-8/h5-6,13H,1-4H2,(H,9,10)(H,11,12). The third kappa shape index (κ3) is 2.42. The van der Waals surface area contributed by atoms with Gasteiger partial charge in [0.05, 0.1) is 5.60 Å². The lowest BCUT2D eigenvalue weighted by molar-refractivity contribution is -0.144. The number of carboxylic acid groups (broad SMARTS) is 1. The largest absolute Gasteiger partial charge is 0.480 e. The summed E-state index contributed by atoms with van der Waals surface area (Å²) in [7, 11) is 0. The maximum atomic E-state index is 10.6. The van der Waals surface area contributed by atoms with Gasteiger partial charge in [-0.05, 0) is 19.3 Å². The Morgan fingerprint density at radius 2 is 2.23 bits per heavy atom. The van der Waals surface area contributed by atoms with E-state index in [9.17, 15) is 14.7 Å². The molecule has 1 amide bonds. The average Bonchev–Trinajstić information content (AvgIpc) is 2.00. The maximum Gasteiger partial charge on any atom is 0.326 e. The fraction of sp³-hybridized carbons (Fsp3) is 0.750. The van der Waals surface area contributed by atoms with Gasteiger partial charge >= 0.3 is 5.97 Å². The van der Waals surface area contributed by atoms with E-state index in [0.29, 0.717) is 19.3 Å². The normalized spacial score (nSPS) is 21.3. The number of amides is 1. The fourth-order valence-electron chi connectivity index (χ4n) is 1.47. The highest BCUT2D eigenvalue weighted by Gasteiger charge is 2.38. The van der Waals surface area contributed by atoms with Gasteiger partial charge in [0.2, 0.25) is 6.41 Å². The summed E-state index contributed by atoms with van der Waals surface area (Å²) in [5.41, 5.74) is -0.876. The Balaban J connectivity index is 2.46. The number of carbonyl (C=O) groups is 2. The van der Waals surface area contributed by atoms with Crippen LogP contribution in [0, 0.1) is 0 Å². The second kappa shape index (κ2) is 3.74.